The van der Waals surface area contributed by atoms with Gasteiger partial charge in [-0.25, -0.2) is 9.59 Å². The second-order valence-corrected chi connectivity index (χ2v) is 7.88. The zero-order valence-electron chi connectivity index (χ0n) is 18.1. The standard InChI is InChI=1S/C26H25NO5/c1-26(17-19-9-5-3-6-10-19)24(28)32-23(21-13-15-22(30-2)16-14-21)27(26)25(29)31-18-20-11-7-4-8-12-20/h3-16,23H,17-18H2,1-2H3/t23-,26-/m0/s1. The van der Waals surface area contributed by atoms with E-state index in [-0.39, 0.29) is 6.61 Å². The van der Waals surface area contributed by atoms with Crippen LogP contribution in [0, 0.1) is 0 Å². The molecule has 0 saturated carbocycles. The summed E-state index contributed by atoms with van der Waals surface area (Å²) in [6.07, 6.45) is -1.20. The Labute approximate surface area is 187 Å². The van der Waals surface area contributed by atoms with E-state index in [1.807, 2.05) is 60.7 Å². The van der Waals surface area contributed by atoms with Gasteiger partial charge in [0.05, 0.1) is 7.11 Å². The maximum atomic E-state index is 13.3. The normalized spacial score (nSPS) is 20.0. The molecule has 0 unspecified atom stereocenters. The quantitative estimate of drug-likeness (QED) is 0.520. The molecule has 0 N–H and O–H groups in total. The highest BCUT2D eigenvalue weighted by molar-refractivity contribution is 5.89. The van der Waals surface area contributed by atoms with Crippen LogP contribution in [0.5, 0.6) is 5.75 Å². The van der Waals surface area contributed by atoms with Crippen LogP contribution in [0.4, 0.5) is 4.79 Å². The molecule has 3 aromatic rings. The molecule has 1 amide bonds. The van der Waals surface area contributed by atoms with Crippen molar-refractivity contribution in [1.82, 2.24) is 4.90 Å². The van der Waals surface area contributed by atoms with E-state index < -0.39 is 23.8 Å². The Morgan fingerprint density at radius 1 is 0.938 bits per heavy atom. The summed E-state index contributed by atoms with van der Waals surface area (Å²) in [7, 11) is 1.58. The number of carbonyl (C=O) groups excluding carboxylic acids is 2. The van der Waals surface area contributed by atoms with Gasteiger partial charge >= 0.3 is 12.1 Å². The van der Waals surface area contributed by atoms with Gasteiger partial charge in [0.15, 0.2) is 0 Å². The van der Waals surface area contributed by atoms with Crippen LogP contribution in [-0.2, 0) is 27.3 Å². The van der Waals surface area contributed by atoms with Crippen molar-refractivity contribution in [3.63, 3.8) is 0 Å². The second kappa shape index (κ2) is 9.14. The number of carbonyl (C=O) groups is 2. The van der Waals surface area contributed by atoms with Crippen LogP contribution < -0.4 is 4.74 Å². The van der Waals surface area contributed by atoms with Gasteiger partial charge in [0.2, 0.25) is 6.23 Å². The SMILES string of the molecule is COc1ccc([C@@H]2OC(=O)[C@](C)(Cc3ccccc3)N2C(=O)OCc2ccccc2)cc1. The summed E-state index contributed by atoms with van der Waals surface area (Å²) in [5.41, 5.74) is 1.22. The minimum absolute atomic E-state index is 0.0983. The first kappa shape index (κ1) is 21.4. The van der Waals surface area contributed by atoms with Gasteiger partial charge in [-0.05, 0) is 42.3 Å². The van der Waals surface area contributed by atoms with Crippen LogP contribution in [-0.4, -0.2) is 29.6 Å². The summed E-state index contributed by atoms with van der Waals surface area (Å²) in [5, 5.41) is 0. The van der Waals surface area contributed by atoms with Gasteiger partial charge in [-0.2, -0.15) is 0 Å². The molecule has 1 fully saturated rings. The van der Waals surface area contributed by atoms with Gasteiger partial charge in [0.1, 0.15) is 17.9 Å². The van der Waals surface area contributed by atoms with Gasteiger partial charge in [-0.3, -0.25) is 4.90 Å². The summed E-state index contributed by atoms with van der Waals surface area (Å²) in [4.78, 5) is 27.8. The summed E-state index contributed by atoms with van der Waals surface area (Å²) in [6, 6.07) is 26.1. The van der Waals surface area contributed by atoms with Crippen LogP contribution in [0.25, 0.3) is 0 Å². The number of cyclic esters (lactones) is 1. The fourth-order valence-electron chi connectivity index (χ4n) is 3.86. The summed E-state index contributed by atoms with van der Waals surface area (Å²) < 4.78 is 16.6. The molecule has 6 nitrogen and oxygen atoms in total. The number of esters is 1. The molecule has 1 aliphatic heterocycles. The Hall–Kier alpha value is -3.80. The first-order valence-corrected chi connectivity index (χ1v) is 10.4. The Bertz CT molecular complexity index is 1070. The minimum Gasteiger partial charge on any atom is -0.497 e. The Morgan fingerprint density at radius 2 is 1.53 bits per heavy atom. The molecule has 0 aliphatic carbocycles. The summed E-state index contributed by atoms with van der Waals surface area (Å²) >= 11 is 0. The first-order chi connectivity index (χ1) is 15.5. The number of ether oxygens (including phenoxy) is 3. The monoisotopic (exact) mass is 431 g/mol. The maximum Gasteiger partial charge on any atom is 0.414 e. The third-order valence-electron chi connectivity index (χ3n) is 5.62. The number of nitrogens with zero attached hydrogens (tertiary/aromatic N) is 1. The van der Waals surface area contributed by atoms with Crippen molar-refractivity contribution in [2.75, 3.05) is 7.11 Å². The third kappa shape index (κ3) is 4.30. The number of benzene rings is 3. The molecule has 0 spiro atoms. The van der Waals surface area contributed by atoms with Gasteiger partial charge < -0.3 is 14.2 Å². The molecular formula is C26H25NO5. The van der Waals surface area contributed by atoms with E-state index >= 15 is 0 Å². The Kier molecular flexibility index (Phi) is 6.12. The van der Waals surface area contributed by atoms with Crippen molar-refractivity contribution in [2.45, 2.75) is 31.7 Å². The van der Waals surface area contributed by atoms with E-state index in [2.05, 4.69) is 0 Å². The van der Waals surface area contributed by atoms with Crippen molar-refractivity contribution in [3.8, 4) is 5.75 Å². The molecule has 0 bridgehead atoms. The smallest absolute Gasteiger partial charge is 0.414 e. The fourth-order valence-corrected chi connectivity index (χ4v) is 3.86. The number of hydrogen-bond donors (Lipinski definition) is 0. The van der Waals surface area contributed by atoms with E-state index in [1.165, 1.54) is 4.90 Å². The van der Waals surface area contributed by atoms with Crippen molar-refractivity contribution in [2.24, 2.45) is 0 Å². The number of amides is 1. The maximum absolute atomic E-state index is 13.3. The van der Waals surface area contributed by atoms with Crippen LogP contribution in [0.3, 0.4) is 0 Å². The van der Waals surface area contributed by atoms with E-state index in [0.29, 0.717) is 17.7 Å². The van der Waals surface area contributed by atoms with Crippen molar-refractivity contribution in [3.05, 3.63) is 102 Å². The Balaban J connectivity index is 1.65. The molecule has 0 aromatic heterocycles. The molecular weight excluding hydrogens is 406 g/mol. The van der Waals surface area contributed by atoms with Gasteiger partial charge in [0, 0.05) is 12.0 Å². The lowest BCUT2D eigenvalue weighted by Gasteiger charge is -2.33. The highest BCUT2D eigenvalue weighted by Crippen LogP contribution is 2.41. The van der Waals surface area contributed by atoms with Crippen molar-refractivity contribution >= 4 is 12.1 Å². The molecule has 32 heavy (non-hydrogen) atoms. The van der Waals surface area contributed by atoms with E-state index in [0.717, 1.165) is 11.1 Å². The van der Waals surface area contributed by atoms with Crippen LogP contribution in [0.1, 0.15) is 29.8 Å². The molecule has 4 rings (SSSR count). The lowest BCUT2D eigenvalue weighted by atomic mass is 9.91. The molecule has 1 aliphatic rings. The lowest BCUT2D eigenvalue weighted by molar-refractivity contribution is -0.145. The average molecular weight is 431 g/mol. The first-order valence-electron chi connectivity index (χ1n) is 10.4. The summed E-state index contributed by atoms with van der Waals surface area (Å²) in [6.45, 7) is 1.82. The average Bonchev–Trinajstić information content (AvgIpc) is 3.09. The predicted molar refractivity (Wildman–Crippen MR) is 119 cm³/mol. The molecule has 164 valence electrons. The van der Waals surface area contributed by atoms with Crippen LogP contribution >= 0.6 is 0 Å². The topological polar surface area (TPSA) is 65.1 Å². The van der Waals surface area contributed by atoms with E-state index in [9.17, 15) is 9.59 Å². The van der Waals surface area contributed by atoms with Crippen LogP contribution in [0.15, 0.2) is 84.9 Å². The minimum atomic E-state index is -1.22. The van der Waals surface area contributed by atoms with E-state index in [4.69, 9.17) is 14.2 Å². The highest BCUT2D eigenvalue weighted by atomic mass is 16.6. The second-order valence-electron chi connectivity index (χ2n) is 7.88. The number of rotatable bonds is 6. The zero-order chi connectivity index (χ0) is 22.6. The molecule has 0 radical (unpaired) electrons. The van der Waals surface area contributed by atoms with Gasteiger partial charge in [0.25, 0.3) is 0 Å². The largest absolute Gasteiger partial charge is 0.497 e. The van der Waals surface area contributed by atoms with Gasteiger partial charge in [-0.1, -0.05) is 60.7 Å². The fraction of sp³-hybridized carbons (Fsp3) is 0.231. The third-order valence-corrected chi connectivity index (χ3v) is 5.62. The molecule has 1 heterocycles. The lowest BCUT2D eigenvalue weighted by Crippen LogP contribution is -2.51. The highest BCUT2D eigenvalue weighted by Gasteiger charge is 2.55. The van der Waals surface area contributed by atoms with E-state index in [1.54, 1.807) is 38.3 Å². The molecule has 3 aromatic carbocycles. The Morgan fingerprint density at radius 3 is 2.12 bits per heavy atom. The number of methoxy groups -OCH3 is 1. The molecule has 2 atom stereocenters. The molecule has 1 saturated heterocycles. The van der Waals surface area contributed by atoms with Crippen LogP contribution in [0.2, 0.25) is 0 Å². The summed E-state index contributed by atoms with van der Waals surface area (Å²) in [5.74, 6) is 0.196. The van der Waals surface area contributed by atoms with Crippen molar-refractivity contribution < 1.29 is 23.8 Å². The zero-order valence-corrected chi connectivity index (χ0v) is 18.1. The van der Waals surface area contributed by atoms with Gasteiger partial charge in [-0.15, -0.1) is 0 Å². The van der Waals surface area contributed by atoms with Crippen molar-refractivity contribution in [1.29, 1.82) is 0 Å². The molecule has 6 heteroatoms. The predicted octanol–water partition coefficient (Wildman–Crippen LogP) is 4.89. The number of hydrogen-bond acceptors (Lipinski definition) is 5.